The summed E-state index contributed by atoms with van der Waals surface area (Å²) >= 11 is 3.37. The van der Waals surface area contributed by atoms with Gasteiger partial charge in [0.1, 0.15) is 5.58 Å². The third-order valence-electron chi connectivity index (χ3n) is 3.17. The number of aliphatic carboxylic acids is 2. The number of carbonyl (C=O) groups is 2. The van der Waals surface area contributed by atoms with E-state index in [4.69, 9.17) is 14.6 Å². The van der Waals surface area contributed by atoms with E-state index in [1.807, 2.05) is 19.1 Å². The number of rotatable bonds is 4. The molecule has 1 aromatic carbocycles. The van der Waals surface area contributed by atoms with Crippen molar-refractivity contribution in [2.24, 2.45) is 5.41 Å². The summed E-state index contributed by atoms with van der Waals surface area (Å²) in [7, 11) is 0. The van der Waals surface area contributed by atoms with E-state index in [1.165, 1.54) is 6.07 Å². The fourth-order valence-electron chi connectivity index (χ4n) is 2.17. The second-order valence-corrected chi connectivity index (χ2v) is 7.11. The van der Waals surface area contributed by atoms with Crippen molar-refractivity contribution in [2.45, 2.75) is 33.6 Å². The van der Waals surface area contributed by atoms with Crippen LogP contribution in [0.15, 0.2) is 37.9 Å². The van der Waals surface area contributed by atoms with Gasteiger partial charge in [-0.25, -0.2) is 4.79 Å². The van der Waals surface area contributed by atoms with E-state index in [-0.39, 0.29) is 18.5 Å². The molecular weight excluding hydrogens is 380 g/mol. The van der Waals surface area contributed by atoms with Gasteiger partial charge in [-0.1, -0.05) is 29.8 Å². The lowest BCUT2D eigenvalue weighted by Gasteiger charge is -2.18. The van der Waals surface area contributed by atoms with Gasteiger partial charge in [-0.15, -0.1) is 0 Å². The van der Waals surface area contributed by atoms with Gasteiger partial charge in [0.05, 0.1) is 12.8 Å². The van der Waals surface area contributed by atoms with Crippen LogP contribution in [0.3, 0.4) is 0 Å². The van der Waals surface area contributed by atoms with Crippen LogP contribution in [0.1, 0.15) is 32.3 Å². The molecule has 130 valence electrons. The smallest absolute Gasteiger partial charge is 0.336 e. The van der Waals surface area contributed by atoms with Crippen LogP contribution in [0.25, 0.3) is 11.0 Å². The molecule has 0 aliphatic heterocycles. The van der Waals surface area contributed by atoms with Crippen LogP contribution >= 0.6 is 15.9 Å². The molecule has 0 fully saturated rings. The standard InChI is InChI=1S/C10H7BrO2.C7H12O4/c1-6-4-10(12)13-9-3-2-7(11)5-8(6)9;1-7(2,3-5(8)9)4-6(10)11/h2-5H,1H3;3-4H2,1-2H3,(H,8,9)(H,10,11). The first-order valence-electron chi connectivity index (χ1n) is 7.14. The molecular formula is C17H19BrO6. The summed E-state index contributed by atoms with van der Waals surface area (Å²) in [5, 5.41) is 17.7. The number of fused-ring (bicyclic) bond motifs is 1. The molecule has 0 spiro atoms. The lowest BCUT2D eigenvalue weighted by Crippen LogP contribution is -2.20. The second-order valence-electron chi connectivity index (χ2n) is 6.19. The van der Waals surface area contributed by atoms with Crippen molar-refractivity contribution < 1.29 is 24.2 Å². The quantitative estimate of drug-likeness (QED) is 0.758. The molecule has 0 amide bonds. The number of hydrogen-bond donors (Lipinski definition) is 2. The molecule has 0 unspecified atom stereocenters. The maximum atomic E-state index is 11.0. The molecule has 0 bridgehead atoms. The predicted molar refractivity (Wildman–Crippen MR) is 93.2 cm³/mol. The number of carboxylic acid groups (broad SMARTS) is 2. The van der Waals surface area contributed by atoms with Crippen molar-refractivity contribution in [1.82, 2.24) is 0 Å². The van der Waals surface area contributed by atoms with E-state index in [1.54, 1.807) is 19.9 Å². The minimum atomic E-state index is -0.962. The fraction of sp³-hybridized carbons (Fsp3) is 0.353. The second kappa shape index (κ2) is 8.10. The first kappa shape index (κ1) is 19.9. The molecule has 0 radical (unpaired) electrons. The minimum absolute atomic E-state index is 0.112. The summed E-state index contributed by atoms with van der Waals surface area (Å²) in [5.41, 5.74) is 0.616. The first-order valence-corrected chi connectivity index (χ1v) is 7.93. The van der Waals surface area contributed by atoms with Gasteiger partial charge in [-0.3, -0.25) is 9.59 Å². The van der Waals surface area contributed by atoms with Gasteiger partial charge < -0.3 is 14.6 Å². The Bertz CT molecular complexity index is 788. The highest BCUT2D eigenvalue weighted by atomic mass is 79.9. The van der Waals surface area contributed by atoms with Crippen LogP contribution in [0.2, 0.25) is 0 Å². The zero-order valence-electron chi connectivity index (χ0n) is 13.6. The molecule has 0 atom stereocenters. The van der Waals surface area contributed by atoms with Gasteiger partial charge in [-0.2, -0.15) is 0 Å². The van der Waals surface area contributed by atoms with E-state index in [0.29, 0.717) is 5.58 Å². The summed E-state index contributed by atoms with van der Waals surface area (Å²) in [6, 6.07) is 7.07. The van der Waals surface area contributed by atoms with Crippen LogP contribution < -0.4 is 5.63 Å². The Morgan fingerprint density at radius 3 is 2.17 bits per heavy atom. The molecule has 0 saturated carbocycles. The Kier molecular flexibility index (Phi) is 6.71. The Hall–Kier alpha value is -2.15. The number of benzene rings is 1. The SMILES string of the molecule is CC(C)(CC(=O)O)CC(=O)O.Cc1cc(=O)oc2ccc(Br)cc12. The largest absolute Gasteiger partial charge is 0.481 e. The van der Waals surface area contributed by atoms with Crippen molar-refractivity contribution in [1.29, 1.82) is 0 Å². The monoisotopic (exact) mass is 398 g/mol. The summed E-state index contributed by atoms with van der Waals surface area (Å²) in [6.45, 7) is 5.14. The zero-order chi connectivity index (χ0) is 18.5. The van der Waals surface area contributed by atoms with E-state index >= 15 is 0 Å². The van der Waals surface area contributed by atoms with E-state index in [2.05, 4.69) is 15.9 Å². The van der Waals surface area contributed by atoms with Crippen LogP contribution in [0.4, 0.5) is 0 Å². The van der Waals surface area contributed by atoms with Crippen molar-refractivity contribution >= 4 is 38.8 Å². The maximum Gasteiger partial charge on any atom is 0.336 e. The fourth-order valence-corrected chi connectivity index (χ4v) is 2.53. The molecule has 24 heavy (non-hydrogen) atoms. The van der Waals surface area contributed by atoms with Gasteiger partial charge in [0.2, 0.25) is 0 Å². The molecule has 0 aliphatic rings. The van der Waals surface area contributed by atoms with Gasteiger partial charge in [0.15, 0.2) is 0 Å². The van der Waals surface area contributed by atoms with Crippen molar-refractivity contribution in [3.63, 3.8) is 0 Å². The average Bonchev–Trinajstić information content (AvgIpc) is 2.37. The highest BCUT2D eigenvalue weighted by molar-refractivity contribution is 9.10. The lowest BCUT2D eigenvalue weighted by atomic mass is 9.86. The van der Waals surface area contributed by atoms with E-state index in [9.17, 15) is 14.4 Å². The van der Waals surface area contributed by atoms with E-state index < -0.39 is 17.4 Å². The summed E-state index contributed by atoms with van der Waals surface area (Å²) in [6.07, 6.45) is -0.224. The first-order chi connectivity index (χ1) is 11.0. The van der Waals surface area contributed by atoms with Gasteiger partial charge in [0.25, 0.3) is 0 Å². The normalized spacial score (nSPS) is 10.8. The summed E-state index contributed by atoms with van der Waals surface area (Å²) in [5.74, 6) is -1.92. The van der Waals surface area contributed by atoms with Crippen LogP contribution in [-0.4, -0.2) is 22.2 Å². The van der Waals surface area contributed by atoms with Crippen molar-refractivity contribution in [2.75, 3.05) is 0 Å². The molecule has 6 nitrogen and oxygen atoms in total. The average molecular weight is 399 g/mol. The van der Waals surface area contributed by atoms with Crippen LogP contribution in [0.5, 0.6) is 0 Å². The molecule has 2 N–H and O–H groups in total. The highest BCUT2D eigenvalue weighted by Crippen LogP contribution is 2.24. The third-order valence-corrected chi connectivity index (χ3v) is 3.66. The van der Waals surface area contributed by atoms with Crippen molar-refractivity contribution in [3.8, 4) is 0 Å². The van der Waals surface area contributed by atoms with Crippen LogP contribution in [-0.2, 0) is 9.59 Å². The molecule has 0 saturated heterocycles. The summed E-state index contributed by atoms with van der Waals surface area (Å²) < 4.78 is 6.00. The molecule has 2 rings (SSSR count). The topological polar surface area (TPSA) is 105 Å². The Labute approximate surface area is 147 Å². The van der Waals surface area contributed by atoms with Crippen molar-refractivity contribution in [3.05, 3.63) is 44.7 Å². The van der Waals surface area contributed by atoms with Gasteiger partial charge in [-0.05, 0) is 36.1 Å². The molecule has 1 heterocycles. The molecule has 2 aromatic rings. The van der Waals surface area contributed by atoms with Gasteiger partial charge in [0, 0.05) is 15.9 Å². The number of aryl methyl sites for hydroxylation is 1. The predicted octanol–water partition coefficient (Wildman–Crippen LogP) is 3.83. The maximum absolute atomic E-state index is 11.0. The third kappa shape index (κ3) is 6.54. The zero-order valence-corrected chi connectivity index (χ0v) is 15.2. The Morgan fingerprint density at radius 2 is 1.67 bits per heavy atom. The lowest BCUT2D eigenvalue weighted by molar-refractivity contribution is -0.142. The summed E-state index contributed by atoms with van der Waals surface area (Å²) in [4.78, 5) is 31.4. The van der Waals surface area contributed by atoms with Gasteiger partial charge >= 0.3 is 17.6 Å². The number of halogens is 1. The highest BCUT2D eigenvalue weighted by Gasteiger charge is 2.24. The Balaban J connectivity index is 0.000000245. The molecule has 0 aliphatic carbocycles. The number of carboxylic acids is 2. The van der Waals surface area contributed by atoms with E-state index in [0.717, 1.165) is 15.4 Å². The number of hydrogen-bond acceptors (Lipinski definition) is 4. The Morgan fingerprint density at radius 1 is 1.12 bits per heavy atom. The molecule has 7 heteroatoms. The molecule has 1 aromatic heterocycles. The van der Waals surface area contributed by atoms with Crippen LogP contribution in [0, 0.1) is 12.3 Å². The minimum Gasteiger partial charge on any atom is -0.481 e.